The van der Waals surface area contributed by atoms with Crippen molar-refractivity contribution in [1.82, 2.24) is 9.88 Å². The summed E-state index contributed by atoms with van der Waals surface area (Å²) in [4.78, 5) is 18.9. The van der Waals surface area contributed by atoms with Gasteiger partial charge in [-0.05, 0) is 47.7 Å². The van der Waals surface area contributed by atoms with Crippen LogP contribution in [0.2, 0.25) is 0 Å². The van der Waals surface area contributed by atoms with Gasteiger partial charge < -0.3 is 14.4 Å². The predicted octanol–water partition coefficient (Wildman–Crippen LogP) is 3.54. The highest BCUT2D eigenvalue weighted by Gasteiger charge is 2.27. The van der Waals surface area contributed by atoms with Crippen molar-refractivity contribution in [2.45, 2.75) is 26.2 Å². The molecule has 0 aliphatic rings. The van der Waals surface area contributed by atoms with Gasteiger partial charge in [0, 0.05) is 26.0 Å². The molecule has 1 aromatic heterocycles. The summed E-state index contributed by atoms with van der Waals surface area (Å²) in [5.41, 5.74) is 2.12. The highest BCUT2D eigenvalue weighted by Crippen LogP contribution is 2.34. The molecule has 0 spiro atoms. The van der Waals surface area contributed by atoms with Gasteiger partial charge in [0.15, 0.2) is 11.5 Å². The number of likely N-dealkylation sites (N-methyl/N-ethyl adjacent to an activating group) is 1. The molecule has 1 amide bonds. The monoisotopic (exact) mass is 356 g/mol. The minimum absolute atomic E-state index is 0.112. The van der Waals surface area contributed by atoms with Crippen molar-refractivity contribution < 1.29 is 14.3 Å². The Morgan fingerprint density at radius 3 is 2.31 bits per heavy atom. The number of carbonyl (C=O) groups is 1. The van der Waals surface area contributed by atoms with E-state index in [0.29, 0.717) is 18.0 Å². The molecular weight excluding hydrogens is 328 g/mol. The number of nitrogens with zero attached hydrogens (tertiary/aromatic N) is 2. The number of aromatic nitrogens is 1. The minimum atomic E-state index is -0.225. The van der Waals surface area contributed by atoms with Gasteiger partial charge in [-0.3, -0.25) is 9.78 Å². The zero-order valence-corrected chi connectivity index (χ0v) is 16.2. The molecule has 2 aromatic rings. The molecule has 0 aliphatic carbocycles. The van der Waals surface area contributed by atoms with Crippen molar-refractivity contribution in [1.29, 1.82) is 0 Å². The zero-order valence-electron chi connectivity index (χ0n) is 16.2. The molecule has 0 saturated heterocycles. The average molecular weight is 356 g/mol. The lowest BCUT2D eigenvalue weighted by Gasteiger charge is -2.27. The summed E-state index contributed by atoms with van der Waals surface area (Å²) in [6.45, 7) is 4.80. The maximum atomic E-state index is 13.1. The minimum Gasteiger partial charge on any atom is -0.493 e. The third-order valence-corrected chi connectivity index (χ3v) is 4.56. The van der Waals surface area contributed by atoms with Crippen LogP contribution in [0.25, 0.3) is 0 Å². The van der Waals surface area contributed by atoms with Crippen LogP contribution >= 0.6 is 0 Å². The summed E-state index contributed by atoms with van der Waals surface area (Å²) in [7, 11) is 5.07. The Kier molecular flexibility index (Phi) is 7.01. The molecule has 26 heavy (non-hydrogen) atoms. The van der Waals surface area contributed by atoms with Crippen LogP contribution in [0.1, 0.15) is 30.9 Å². The standard InChI is InChI=1S/C21H28N2O3/c1-15(2)20(17-6-7-18(25-4)19(14-17)26-5)21(24)23(3)13-10-16-8-11-22-12-9-16/h6-9,11-12,14-15,20H,10,13H2,1-5H3. The number of pyridine rings is 1. The van der Waals surface area contributed by atoms with E-state index in [1.54, 1.807) is 26.6 Å². The van der Waals surface area contributed by atoms with Gasteiger partial charge in [0.25, 0.3) is 0 Å². The van der Waals surface area contributed by atoms with Crippen molar-refractivity contribution in [2.75, 3.05) is 27.8 Å². The Balaban J connectivity index is 2.16. The van der Waals surface area contributed by atoms with E-state index in [2.05, 4.69) is 18.8 Å². The van der Waals surface area contributed by atoms with Crippen molar-refractivity contribution in [3.8, 4) is 11.5 Å². The number of rotatable bonds is 8. The zero-order chi connectivity index (χ0) is 19.1. The first-order chi connectivity index (χ1) is 12.5. The molecule has 1 heterocycles. The molecule has 1 unspecified atom stereocenters. The van der Waals surface area contributed by atoms with E-state index >= 15 is 0 Å². The fourth-order valence-electron chi connectivity index (χ4n) is 3.05. The Labute approximate surface area is 156 Å². The molecule has 1 atom stereocenters. The van der Waals surface area contributed by atoms with E-state index in [4.69, 9.17) is 9.47 Å². The van der Waals surface area contributed by atoms with Crippen LogP contribution in [-0.4, -0.2) is 43.6 Å². The van der Waals surface area contributed by atoms with Crippen LogP contribution in [0.5, 0.6) is 11.5 Å². The summed E-state index contributed by atoms with van der Waals surface area (Å²) in [5, 5.41) is 0. The molecular formula is C21H28N2O3. The van der Waals surface area contributed by atoms with Gasteiger partial charge in [-0.1, -0.05) is 19.9 Å². The van der Waals surface area contributed by atoms with Gasteiger partial charge in [0.2, 0.25) is 5.91 Å². The first kappa shape index (κ1) is 19.8. The largest absolute Gasteiger partial charge is 0.493 e. The summed E-state index contributed by atoms with van der Waals surface area (Å²) < 4.78 is 10.7. The fourth-order valence-corrected chi connectivity index (χ4v) is 3.05. The first-order valence-corrected chi connectivity index (χ1v) is 8.83. The van der Waals surface area contributed by atoms with Crippen LogP contribution in [0, 0.1) is 5.92 Å². The Morgan fingerprint density at radius 1 is 1.08 bits per heavy atom. The van der Waals surface area contributed by atoms with E-state index in [1.165, 1.54) is 5.56 Å². The molecule has 0 aliphatic heterocycles. The quantitative estimate of drug-likeness (QED) is 0.726. The molecule has 140 valence electrons. The van der Waals surface area contributed by atoms with Crippen LogP contribution in [-0.2, 0) is 11.2 Å². The van der Waals surface area contributed by atoms with Gasteiger partial charge in [-0.25, -0.2) is 0 Å². The normalized spacial score (nSPS) is 11.9. The van der Waals surface area contributed by atoms with Crippen molar-refractivity contribution in [3.63, 3.8) is 0 Å². The Morgan fingerprint density at radius 2 is 1.73 bits per heavy atom. The Bertz CT molecular complexity index is 716. The van der Waals surface area contributed by atoms with E-state index in [-0.39, 0.29) is 17.7 Å². The predicted molar refractivity (Wildman–Crippen MR) is 103 cm³/mol. The van der Waals surface area contributed by atoms with E-state index in [9.17, 15) is 4.79 Å². The molecule has 5 heteroatoms. The molecule has 0 fully saturated rings. The third kappa shape index (κ3) is 4.75. The SMILES string of the molecule is COc1ccc(C(C(=O)N(C)CCc2ccncc2)C(C)C)cc1OC. The molecule has 0 N–H and O–H groups in total. The van der Waals surface area contributed by atoms with Gasteiger partial charge >= 0.3 is 0 Å². The number of ether oxygens (including phenoxy) is 2. The van der Waals surface area contributed by atoms with Crippen molar-refractivity contribution in [3.05, 3.63) is 53.9 Å². The highest BCUT2D eigenvalue weighted by atomic mass is 16.5. The van der Waals surface area contributed by atoms with Gasteiger partial charge in [0.05, 0.1) is 20.1 Å². The fraction of sp³-hybridized carbons (Fsp3) is 0.429. The van der Waals surface area contributed by atoms with Gasteiger partial charge in [0.1, 0.15) is 0 Å². The molecule has 5 nitrogen and oxygen atoms in total. The lowest BCUT2D eigenvalue weighted by molar-refractivity contribution is -0.132. The number of amides is 1. The lowest BCUT2D eigenvalue weighted by Crippen LogP contribution is -2.35. The van der Waals surface area contributed by atoms with E-state index in [0.717, 1.165) is 12.0 Å². The first-order valence-electron chi connectivity index (χ1n) is 8.83. The van der Waals surface area contributed by atoms with Crippen LogP contribution in [0.3, 0.4) is 0 Å². The molecule has 0 bridgehead atoms. The lowest BCUT2D eigenvalue weighted by atomic mass is 9.87. The molecule has 0 radical (unpaired) electrons. The molecule has 2 rings (SSSR count). The number of carbonyl (C=O) groups excluding carboxylic acids is 1. The van der Waals surface area contributed by atoms with Crippen molar-refractivity contribution >= 4 is 5.91 Å². The summed E-state index contributed by atoms with van der Waals surface area (Å²) in [6, 6.07) is 9.66. The highest BCUT2D eigenvalue weighted by molar-refractivity contribution is 5.84. The van der Waals surface area contributed by atoms with E-state index < -0.39 is 0 Å². The number of benzene rings is 1. The second kappa shape index (κ2) is 9.22. The summed E-state index contributed by atoms with van der Waals surface area (Å²) >= 11 is 0. The summed E-state index contributed by atoms with van der Waals surface area (Å²) in [6.07, 6.45) is 4.36. The third-order valence-electron chi connectivity index (χ3n) is 4.56. The molecule has 1 aromatic carbocycles. The summed E-state index contributed by atoms with van der Waals surface area (Å²) in [5.74, 6) is 1.36. The van der Waals surface area contributed by atoms with Gasteiger partial charge in [-0.2, -0.15) is 0 Å². The maximum Gasteiger partial charge on any atom is 0.230 e. The van der Waals surface area contributed by atoms with E-state index in [1.807, 2.05) is 42.3 Å². The molecule has 0 saturated carbocycles. The van der Waals surface area contributed by atoms with Crippen LogP contribution in [0.4, 0.5) is 0 Å². The van der Waals surface area contributed by atoms with Gasteiger partial charge in [-0.15, -0.1) is 0 Å². The second-order valence-electron chi connectivity index (χ2n) is 6.70. The number of hydrogen-bond donors (Lipinski definition) is 0. The van der Waals surface area contributed by atoms with Crippen LogP contribution < -0.4 is 9.47 Å². The Hall–Kier alpha value is -2.56. The number of methoxy groups -OCH3 is 2. The number of hydrogen-bond acceptors (Lipinski definition) is 4. The van der Waals surface area contributed by atoms with Crippen LogP contribution in [0.15, 0.2) is 42.7 Å². The van der Waals surface area contributed by atoms with Crippen molar-refractivity contribution in [2.24, 2.45) is 5.92 Å². The topological polar surface area (TPSA) is 51.7 Å². The smallest absolute Gasteiger partial charge is 0.230 e. The maximum absolute atomic E-state index is 13.1. The second-order valence-corrected chi connectivity index (χ2v) is 6.70. The average Bonchev–Trinajstić information content (AvgIpc) is 2.66.